The van der Waals surface area contributed by atoms with Gasteiger partial charge in [-0.25, -0.2) is 0 Å². The van der Waals surface area contributed by atoms with E-state index < -0.39 is 0 Å². The molecule has 3 nitrogen and oxygen atoms in total. The second kappa shape index (κ2) is 7.11. The van der Waals surface area contributed by atoms with Crippen molar-refractivity contribution in [1.82, 2.24) is 14.9 Å². The zero-order chi connectivity index (χ0) is 21.1. The molecule has 3 heteroatoms. The van der Waals surface area contributed by atoms with Crippen molar-refractivity contribution in [2.45, 2.75) is 31.2 Å². The third kappa shape index (κ3) is 2.71. The number of aromatic nitrogens is 2. The van der Waals surface area contributed by atoms with Crippen molar-refractivity contribution in [2.75, 3.05) is 13.1 Å². The average Bonchev–Trinajstić information content (AvgIpc) is 3.57. The highest BCUT2D eigenvalue weighted by molar-refractivity contribution is 5.90. The van der Waals surface area contributed by atoms with Gasteiger partial charge >= 0.3 is 0 Å². The molecular formula is C29H27N3. The molecule has 2 atom stereocenters. The Labute approximate surface area is 188 Å². The minimum absolute atomic E-state index is 0.471. The lowest BCUT2D eigenvalue weighted by Gasteiger charge is -2.18. The predicted octanol–water partition coefficient (Wildman–Crippen LogP) is 6.21. The topological polar surface area (TPSA) is 32.8 Å². The van der Waals surface area contributed by atoms with Crippen molar-refractivity contribution in [2.24, 2.45) is 0 Å². The molecule has 5 aromatic rings. The van der Waals surface area contributed by atoms with Gasteiger partial charge in [-0.2, -0.15) is 0 Å². The fourth-order valence-electron chi connectivity index (χ4n) is 6.17. The Morgan fingerprint density at radius 3 is 2.56 bits per heavy atom. The van der Waals surface area contributed by atoms with Crippen molar-refractivity contribution >= 4 is 21.8 Å². The van der Waals surface area contributed by atoms with E-state index in [0.29, 0.717) is 11.8 Å². The largest absolute Gasteiger partial charge is 0.361 e. The first-order chi connectivity index (χ1) is 15.9. The smallest absolute Gasteiger partial charge is 0.0515 e. The van der Waals surface area contributed by atoms with E-state index in [0.717, 1.165) is 19.6 Å². The van der Waals surface area contributed by atoms with Crippen LogP contribution in [0.3, 0.4) is 0 Å². The Hall–Kier alpha value is -3.30. The Morgan fingerprint density at radius 2 is 1.66 bits per heavy atom. The number of aromatic amines is 1. The summed E-state index contributed by atoms with van der Waals surface area (Å²) in [6, 6.07) is 24.5. The molecule has 0 aliphatic carbocycles. The van der Waals surface area contributed by atoms with Crippen molar-refractivity contribution in [3.8, 4) is 11.1 Å². The van der Waals surface area contributed by atoms with Crippen molar-refractivity contribution in [3.05, 3.63) is 95.8 Å². The molecule has 1 fully saturated rings. The molecule has 0 amide bonds. The summed E-state index contributed by atoms with van der Waals surface area (Å²) >= 11 is 0. The van der Waals surface area contributed by atoms with Crippen LogP contribution in [0.1, 0.15) is 34.9 Å². The monoisotopic (exact) mass is 417 g/mol. The third-order valence-electron chi connectivity index (χ3n) is 7.69. The maximum atomic E-state index is 3.72. The van der Waals surface area contributed by atoms with Gasteiger partial charge in [0.05, 0.1) is 5.52 Å². The molecule has 0 saturated carbocycles. The molecule has 4 heterocycles. The maximum Gasteiger partial charge on any atom is 0.0515 e. The molecule has 0 spiro atoms. The second-order valence-electron chi connectivity index (χ2n) is 9.44. The highest BCUT2D eigenvalue weighted by Gasteiger charge is 2.34. The summed E-state index contributed by atoms with van der Waals surface area (Å²) in [4.78, 5) is 3.56. The summed E-state index contributed by atoms with van der Waals surface area (Å²) in [6.45, 7) is 3.21. The molecule has 158 valence electrons. The first kappa shape index (κ1) is 18.3. The van der Waals surface area contributed by atoms with Crippen LogP contribution in [0, 0.1) is 0 Å². The summed E-state index contributed by atoms with van der Waals surface area (Å²) in [5.41, 5.74) is 9.75. The van der Waals surface area contributed by atoms with Gasteiger partial charge in [0.2, 0.25) is 0 Å². The summed E-state index contributed by atoms with van der Waals surface area (Å²) in [5, 5.41) is 6.54. The van der Waals surface area contributed by atoms with E-state index in [2.05, 4.69) is 94.0 Å². The lowest BCUT2D eigenvalue weighted by atomic mass is 9.83. The van der Waals surface area contributed by atoms with Crippen LogP contribution in [0.5, 0.6) is 0 Å². The highest BCUT2D eigenvalue weighted by Crippen LogP contribution is 2.43. The Morgan fingerprint density at radius 1 is 0.781 bits per heavy atom. The minimum Gasteiger partial charge on any atom is -0.361 e. The summed E-state index contributed by atoms with van der Waals surface area (Å²) in [6.07, 6.45) is 7.17. The maximum absolute atomic E-state index is 3.72. The molecule has 2 aliphatic heterocycles. The van der Waals surface area contributed by atoms with E-state index in [9.17, 15) is 0 Å². The molecule has 7 rings (SSSR count). The molecule has 2 aliphatic rings. The lowest BCUT2D eigenvalue weighted by Crippen LogP contribution is -2.08. The van der Waals surface area contributed by atoms with Gasteiger partial charge in [0.25, 0.3) is 0 Å². The zero-order valence-corrected chi connectivity index (χ0v) is 18.1. The van der Waals surface area contributed by atoms with E-state index in [4.69, 9.17) is 0 Å². The molecule has 32 heavy (non-hydrogen) atoms. The van der Waals surface area contributed by atoms with Crippen LogP contribution in [-0.2, 0) is 13.0 Å². The van der Waals surface area contributed by atoms with E-state index >= 15 is 0 Å². The van der Waals surface area contributed by atoms with Gasteiger partial charge in [-0.05, 0) is 52.8 Å². The number of hydrogen-bond donors (Lipinski definition) is 2. The quantitative estimate of drug-likeness (QED) is 0.360. The Kier molecular flexibility index (Phi) is 4.06. The minimum atomic E-state index is 0.471. The van der Waals surface area contributed by atoms with E-state index in [1.165, 1.54) is 62.5 Å². The van der Waals surface area contributed by atoms with Crippen LogP contribution in [-0.4, -0.2) is 22.6 Å². The number of nitrogens with zero attached hydrogens (tertiary/aromatic N) is 1. The number of fused-ring (bicyclic) bond motifs is 1. The van der Waals surface area contributed by atoms with Crippen LogP contribution in [0.2, 0.25) is 0 Å². The summed E-state index contributed by atoms with van der Waals surface area (Å²) < 4.78 is 2.52. The van der Waals surface area contributed by atoms with Crippen molar-refractivity contribution < 1.29 is 0 Å². The van der Waals surface area contributed by atoms with Gasteiger partial charge in [0.1, 0.15) is 0 Å². The van der Waals surface area contributed by atoms with Gasteiger partial charge in [-0.15, -0.1) is 0 Å². The summed E-state index contributed by atoms with van der Waals surface area (Å²) in [7, 11) is 0. The molecular weight excluding hydrogens is 390 g/mol. The van der Waals surface area contributed by atoms with Crippen LogP contribution in [0.15, 0.2) is 79.1 Å². The zero-order valence-electron chi connectivity index (χ0n) is 18.1. The van der Waals surface area contributed by atoms with Gasteiger partial charge in [0.15, 0.2) is 0 Å². The van der Waals surface area contributed by atoms with Crippen LogP contribution in [0.25, 0.3) is 32.9 Å². The second-order valence-corrected chi connectivity index (χ2v) is 9.44. The number of para-hydroxylation sites is 1. The van der Waals surface area contributed by atoms with Crippen molar-refractivity contribution in [1.29, 1.82) is 0 Å². The SMILES string of the molecule is c1ccc(-c2ccc3[nH]cc([C@@H]4CNC[C@H]4c4cn5c6c(cccc46)CCC5)c3c2)cc1. The van der Waals surface area contributed by atoms with Crippen LogP contribution in [0.4, 0.5) is 0 Å². The van der Waals surface area contributed by atoms with Crippen molar-refractivity contribution in [3.63, 3.8) is 0 Å². The number of H-pyrrole nitrogens is 1. The number of rotatable bonds is 3. The first-order valence-electron chi connectivity index (χ1n) is 11.8. The molecule has 2 N–H and O–H groups in total. The van der Waals surface area contributed by atoms with Crippen LogP contribution >= 0.6 is 0 Å². The summed E-state index contributed by atoms with van der Waals surface area (Å²) in [5.74, 6) is 0.963. The third-order valence-corrected chi connectivity index (χ3v) is 7.69. The number of hydrogen-bond acceptors (Lipinski definition) is 1. The number of benzene rings is 3. The highest BCUT2D eigenvalue weighted by atomic mass is 15.0. The van der Waals surface area contributed by atoms with Crippen LogP contribution < -0.4 is 5.32 Å². The molecule has 0 radical (unpaired) electrons. The average molecular weight is 418 g/mol. The molecule has 0 unspecified atom stereocenters. The standard InChI is InChI=1S/C29H27N3/c1-2-6-19(7-3-1)21-11-12-28-23(14-21)26(17-31-28)24-15-30-16-25(24)27-18-32-13-5-9-20-8-4-10-22(27)29(20)32/h1-4,6-8,10-12,14,17-18,24-25,30-31H,5,9,13,15-16H2/t24-,25-/m1/s1. The van der Waals surface area contributed by atoms with Gasteiger partial charge in [-0.1, -0.05) is 54.6 Å². The Bertz CT molecular complexity index is 1440. The van der Waals surface area contributed by atoms with Gasteiger partial charge in [-0.3, -0.25) is 0 Å². The molecule has 2 aromatic heterocycles. The molecule has 3 aromatic carbocycles. The van der Waals surface area contributed by atoms with Gasteiger partial charge < -0.3 is 14.9 Å². The fourth-order valence-corrected chi connectivity index (χ4v) is 6.17. The molecule has 1 saturated heterocycles. The van der Waals surface area contributed by atoms with E-state index in [-0.39, 0.29) is 0 Å². The Balaban J connectivity index is 1.35. The lowest BCUT2D eigenvalue weighted by molar-refractivity contribution is 0.626. The first-order valence-corrected chi connectivity index (χ1v) is 11.8. The number of aryl methyl sites for hydroxylation is 2. The number of nitrogens with one attached hydrogen (secondary N) is 2. The van der Waals surface area contributed by atoms with E-state index in [1.54, 1.807) is 0 Å². The fraction of sp³-hybridized carbons (Fsp3) is 0.241. The molecule has 0 bridgehead atoms. The normalized spacial score (nSPS) is 20.4. The van der Waals surface area contributed by atoms with E-state index in [1.807, 2.05) is 0 Å². The predicted molar refractivity (Wildman–Crippen MR) is 132 cm³/mol. The van der Waals surface area contributed by atoms with Gasteiger partial charge in [0, 0.05) is 60.2 Å².